The Morgan fingerprint density at radius 3 is 2.13 bits per heavy atom. The van der Waals surface area contributed by atoms with Crippen molar-refractivity contribution in [3.05, 3.63) is 59.1 Å². The summed E-state index contributed by atoms with van der Waals surface area (Å²) in [6.07, 6.45) is 5.97. The number of nitrogens with zero attached hydrogens (tertiary/aromatic N) is 3. The molecule has 12 heteroatoms. The molecular weight excluding hydrogens is 452 g/mol. The van der Waals surface area contributed by atoms with E-state index in [9.17, 15) is 21.6 Å². The molecule has 0 aliphatic heterocycles. The van der Waals surface area contributed by atoms with E-state index < -0.39 is 25.6 Å². The maximum atomic E-state index is 12.6. The molecule has 1 amide bonds. The monoisotopic (exact) mass is 468 g/mol. The van der Waals surface area contributed by atoms with Gasteiger partial charge in [0.05, 0.1) is 22.9 Å². The summed E-state index contributed by atoms with van der Waals surface area (Å²) >= 11 is 5.96. The molecule has 0 aliphatic carbocycles. The molecule has 3 aromatic rings. The van der Waals surface area contributed by atoms with Crippen LogP contribution in [0.5, 0.6) is 0 Å². The number of sulfone groups is 2. The minimum absolute atomic E-state index is 0.0154. The van der Waals surface area contributed by atoms with Crippen LogP contribution < -0.4 is 5.32 Å². The highest BCUT2D eigenvalue weighted by Crippen LogP contribution is 2.23. The maximum absolute atomic E-state index is 12.6. The van der Waals surface area contributed by atoms with Gasteiger partial charge in [-0.1, -0.05) is 11.6 Å². The molecule has 0 radical (unpaired) electrons. The normalized spacial score (nSPS) is 12.0. The molecule has 30 heavy (non-hydrogen) atoms. The molecule has 2 aromatic heterocycles. The Hall–Kier alpha value is -2.76. The lowest BCUT2D eigenvalue weighted by Gasteiger charge is -2.07. The third-order valence-corrected chi connectivity index (χ3v) is 6.47. The maximum Gasteiger partial charge on any atom is 0.257 e. The summed E-state index contributed by atoms with van der Waals surface area (Å²) in [5.41, 5.74) is 1.13. The molecule has 0 spiro atoms. The molecule has 1 aromatic carbocycles. The van der Waals surface area contributed by atoms with E-state index in [1.165, 1.54) is 41.4 Å². The van der Waals surface area contributed by atoms with Crippen molar-refractivity contribution in [3.63, 3.8) is 0 Å². The number of nitrogens with one attached hydrogen (secondary N) is 1. The van der Waals surface area contributed by atoms with Gasteiger partial charge in [-0.15, -0.1) is 0 Å². The first-order valence-corrected chi connectivity index (χ1v) is 12.5. The molecule has 2 heterocycles. The molecule has 0 saturated heterocycles. The molecule has 0 saturated carbocycles. The Morgan fingerprint density at radius 1 is 0.967 bits per heavy atom. The molecule has 0 bridgehead atoms. The summed E-state index contributed by atoms with van der Waals surface area (Å²) in [7, 11) is -6.92. The summed E-state index contributed by atoms with van der Waals surface area (Å²) in [6.45, 7) is 1.73. The second-order valence-corrected chi connectivity index (χ2v) is 11.1. The van der Waals surface area contributed by atoms with E-state index in [4.69, 9.17) is 11.6 Å². The fraction of sp³-hybridized carbons (Fsp3) is 0.167. The highest BCUT2D eigenvalue weighted by molar-refractivity contribution is 7.91. The number of anilines is 1. The largest absolute Gasteiger partial charge is 0.322 e. The van der Waals surface area contributed by atoms with E-state index in [-0.39, 0.29) is 32.0 Å². The van der Waals surface area contributed by atoms with Crippen LogP contribution in [0.2, 0.25) is 5.02 Å². The van der Waals surface area contributed by atoms with E-state index in [0.29, 0.717) is 5.69 Å². The predicted molar refractivity (Wildman–Crippen MR) is 112 cm³/mol. The number of rotatable bonds is 5. The number of amides is 1. The van der Waals surface area contributed by atoms with Crippen molar-refractivity contribution in [2.75, 3.05) is 17.8 Å². The molecule has 0 aliphatic rings. The van der Waals surface area contributed by atoms with Crippen LogP contribution in [0, 0.1) is 6.92 Å². The lowest BCUT2D eigenvalue weighted by atomic mass is 10.2. The molecule has 9 nitrogen and oxygen atoms in total. The molecule has 0 atom stereocenters. The minimum Gasteiger partial charge on any atom is -0.322 e. The average Bonchev–Trinajstić information content (AvgIpc) is 3.02. The van der Waals surface area contributed by atoms with E-state index in [1.54, 1.807) is 13.0 Å². The number of carbonyl (C=O) groups is 1. The number of hydrogen-bond donors (Lipinski definition) is 1. The van der Waals surface area contributed by atoms with Gasteiger partial charge in [0.1, 0.15) is 4.90 Å². The van der Waals surface area contributed by atoms with Gasteiger partial charge < -0.3 is 5.32 Å². The summed E-state index contributed by atoms with van der Waals surface area (Å²) < 4.78 is 48.1. The Labute approximate surface area is 178 Å². The van der Waals surface area contributed by atoms with Crippen LogP contribution in [0.25, 0.3) is 5.95 Å². The summed E-state index contributed by atoms with van der Waals surface area (Å²) in [4.78, 5) is 20.7. The number of carbonyl (C=O) groups excluding carboxylic acids is 1. The fourth-order valence-electron chi connectivity index (χ4n) is 2.59. The van der Waals surface area contributed by atoms with Crippen LogP contribution >= 0.6 is 11.6 Å². The molecular formula is C18H17ClN4O5S2. The van der Waals surface area contributed by atoms with Crippen molar-refractivity contribution in [2.45, 2.75) is 16.7 Å². The number of hydrogen-bond acceptors (Lipinski definition) is 7. The second kappa shape index (κ2) is 7.82. The Balaban J connectivity index is 1.88. The molecule has 158 valence electrons. The standard InChI is InChI=1S/C18H17ClN4O5S2/c1-11-4-12(10-23(11)18-20-8-16(9-21-18)30(3,27)28)17(24)22-14-5-13(19)6-15(7-14)29(2,25)26/h4-10H,1-3H3,(H,22,24). The molecule has 0 fully saturated rings. The van der Waals surface area contributed by atoms with E-state index in [0.717, 1.165) is 12.5 Å². The van der Waals surface area contributed by atoms with Crippen LogP contribution in [0.3, 0.4) is 0 Å². The van der Waals surface area contributed by atoms with Gasteiger partial charge in [-0.3, -0.25) is 9.36 Å². The van der Waals surface area contributed by atoms with Crippen molar-refractivity contribution in [1.82, 2.24) is 14.5 Å². The Morgan fingerprint density at radius 2 is 1.57 bits per heavy atom. The van der Waals surface area contributed by atoms with E-state index in [2.05, 4.69) is 15.3 Å². The number of benzene rings is 1. The summed E-state index contributed by atoms with van der Waals surface area (Å²) in [5.74, 6) is -0.299. The van der Waals surface area contributed by atoms with Crippen molar-refractivity contribution < 1.29 is 21.6 Å². The third-order valence-electron chi connectivity index (χ3n) is 4.09. The average molecular weight is 469 g/mol. The first-order chi connectivity index (χ1) is 13.8. The lowest BCUT2D eigenvalue weighted by Crippen LogP contribution is -2.12. The predicted octanol–water partition coefficient (Wildman–Crippen LogP) is 2.29. The zero-order valence-corrected chi connectivity index (χ0v) is 18.5. The summed E-state index contributed by atoms with van der Waals surface area (Å²) in [5, 5.41) is 2.78. The number of halogens is 1. The van der Waals surface area contributed by atoms with Gasteiger partial charge in [-0.25, -0.2) is 26.8 Å². The van der Waals surface area contributed by atoms with Gasteiger partial charge in [0.2, 0.25) is 5.95 Å². The molecule has 3 rings (SSSR count). The number of aryl methyl sites for hydroxylation is 1. The highest BCUT2D eigenvalue weighted by atomic mass is 35.5. The number of aromatic nitrogens is 3. The lowest BCUT2D eigenvalue weighted by molar-refractivity contribution is 0.102. The van der Waals surface area contributed by atoms with Crippen LogP contribution in [-0.2, 0) is 19.7 Å². The first kappa shape index (κ1) is 21.9. The zero-order valence-electron chi connectivity index (χ0n) is 16.1. The SMILES string of the molecule is Cc1cc(C(=O)Nc2cc(Cl)cc(S(C)(=O)=O)c2)cn1-c1ncc(S(C)(=O)=O)cn1. The second-order valence-electron chi connectivity index (χ2n) is 6.63. The minimum atomic E-state index is -3.50. The Kier molecular flexibility index (Phi) is 5.72. The summed E-state index contributed by atoms with van der Waals surface area (Å²) in [6, 6.07) is 5.64. The fourth-order valence-corrected chi connectivity index (χ4v) is 4.06. The van der Waals surface area contributed by atoms with Crippen LogP contribution in [0.4, 0.5) is 5.69 Å². The van der Waals surface area contributed by atoms with Gasteiger partial charge >= 0.3 is 0 Å². The van der Waals surface area contributed by atoms with Crippen LogP contribution in [-0.4, -0.2) is 49.8 Å². The molecule has 0 unspecified atom stereocenters. The van der Waals surface area contributed by atoms with Gasteiger partial charge in [-0.05, 0) is 31.2 Å². The quantitative estimate of drug-likeness (QED) is 0.608. The van der Waals surface area contributed by atoms with Crippen molar-refractivity contribution in [1.29, 1.82) is 0 Å². The third kappa shape index (κ3) is 4.86. The zero-order chi connectivity index (χ0) is 22.3. The van der Waals surface area contributed by atoms with Gasteiger partial charge in [0.15, 0.2) is 19.7 Å². The topological polar surface area (TPSA) is 128 Å². The van der Waals surface area contributed by atoms with Crippen molar-refractivity contribution >= 4 is 42.9 Å². The van der Waals surface area contributed by atoms with Gasteiger partial charge in [0, 0.05) is 35.1 Å². The van der Waals surface area contributed by atoms with Gasteiger partial charge in [0.25, 0.3) is 5.91 Å². The van der Waals surface area contributed by atoms with Crippen LogP contribution in [0.1, 0.15) is 16.1 Å². The Bertz CT molecular complexity index is 1350. The highest BCUT2D eigenvalue weighted by Gasteiger charge is 2.16. The smallest absolute Gasteiger partial charge is 0.257 e. The van der Waals surface area contributed by atoms with Crippen molar-refractivity contribution in [3.8, 4) is 5.95 Å². The van der Waals surface area contributed by atoms with Crippen LogP contribution in [0.15, 0.2) is 52.6 Å². The van der Waals surface area contributed by atoms with Gasteiger partial charge in [-0.2, -0.15) is 0 Å². The molecule has 1 N–H and O–H groups in total. The van der Waals surface area contributed by atoms with Crippen molar-refractivity contribution in [2.24, 2.45) is 0 Å². The first-order valence-electron chi connectivity index (χ1n) is 8.38. The van der Waals surface area contributed by atoms with E-state index >= 15 is 0 Å². The van der Waals surface area contributed by atoms with E-state index in [1.807, 2.05) is 0 Å².